The summed E-state index contributed by atoms with van der Waals surface area (Å²) in [5.41, 5.74) is 0. The van der Waals surface area contributed by atoms with E-state index in [0.29, 0.717) is 25.6 Å². The van der Waals surface area contributed by atoms with E-state index in [0.717, 1.165) is 6.42 Å². The fourth-order valence-corrected chi connectivity index (χ4v) is 1.86. The van der Waals surface area contributed by atoms with Crippen molar-refractivity contribution in [2.24, 2.45) is 5.92 Å². The first-order chi connectivity index (χ1) is 6.66. The van der Waals surface area contributed by atoms with Gasteiger partial charge in [-0.25, -0.2) is 0 Å². The van der Waals surface area contributed by atoms with E-state index in [1.54, 1.807) is 0 Å². The van der Waals surface area contributed by atoms with Gasteiger partial charge in [0, 0.05) is 25.1 Å². The summed E-state index contributed by atoms with van der Waals surface area (Å²) in [7, 11) is 0. The van der Waals surface area contributed by atoms with Gasteiger partial charge >= 0.3 is 0 Å². The Morgan fingerprint density at radius 2 is 2.36 bits per heavy atom. The number of carbonyl (C=O) groups excluding carboxylic acids is 1. The van der Waals surface area contributed by atoms with Gasteiger partial charge in [-0.15, -0.1) is 11.6 Å². The first kappa shape index (κ1) is 11.8. The molecule has 1 atom stereocenters. The summed E-state index contributed by atoms with van der Waals surface area (Å²) in [4.78, 5) is 13.8. The summed E-state index contributed by atoms with van der Waals surface area (Å²) in [6.07, 6.45) is 0.852. The van der Waals surface area contributed by atoms with Gasteiger partial charge in [-0.05, 0) is 20.3 Å². The minimum Gasteiger partial charge on any atom is -0.381 e. The SMILES string of the molecule is CC(C)N(CCCl)C(=O)C1CCOC1. The lowest BCUT2D eigenvalue weighted by atomic mass is 10.1. The van der Waals surface area contributed by atoms with Crippen LogP contribution in [-0.4, -0.2) is 42.5 Å². The Bertz CT molecular complexity index is 191. The average molecular weight is 220 g/mol. The first-order valence-electron chi connectivity index (χ1n) is 5.11. The van der Waals surface area contributed by atoms with Crippen LogP contribution in [0.25, 0.3) is 0 Å². The van der Waals surface area contributed by atoms with Crippen molar-refractivity contribution in [3.8, 4) is 0 Å². The van der Waals surface area contributed by atoms with E-state index in [1.807, 2.05) is 18.7 Å². The highest BCUT2D eigenvalue weighted by molar-refractivity contribution is 6.18. The molecule has 1 amide bonds. The van der Waals surface area contributed by atoms with Gasteiger partial charge in [0.15, 0.2) is 0 Å². The van der Waals surface area contributed by atoms with E-state index in [2.05, 4.69) is 0 Å². The number of rotatable bonds is 4. The lowest BCUT2D eigenvalue weighted by molar-refractivity contribution is -0.136. The third-order valence-corrected chi connectivity index (χ3v) is 2.68. The zero-order valence-electron chi connectivity index (χ0n) is 8.83. The van der Waals surface area contributed by atoms with Gasteiger partial charge in [0.25, 0.3) is 0 Å². The number of hydrogen-bond acceptors (Lipinski definition) is 2. The minimum absolute atomic E-state index is 0.0561. The summed E-state index contributed by atoms with van der Waals surface area (Å²) < 4.78 is 5.21. The highest BCUT2D eigenvalue weighted by Crippen LogP contribution is 2.17. The summed E-state index contributed by atoms with van der Waals surface area (Å²) in [6.45, 7) is 5.95. The number of hydrogen-bond donors (Lipinski definition) is 0. The second kappa shape index (κ2) is 5.56. The number of ether oxygens (including phenoxy) is 1. The Morgan fingerprint density at radius 1 is 1.64 bits per heavy atom. The highest BCUT2D eigenvalue weighted by atomic mass is 35.5. The molecule has 0 aromatic rings. The van der Waals surface area contributed by atoms with Crippen LogP contribution in [0.5, 0.6) is 0 Å². The Labute approximate surface area is 90.4 Å². The van der Waals surface area contributed by atoms with E-state index in [1.165, 1.54) is 0 Å². The van der Waals surface area contributed by atoms with E-state index < -0.39 is 0 Å². The molecule has 0 saturated carbocycles. The first-order valence-corrected chi connectivity index (χ1v) is 5.64. The van der Waals surface area contributed by atoms with Crippen LogP contribution in [0.1, 0.15) is 20.3 Å². The van der Waals surface area contributed by atoms with Crippen LogP contribution in [0.2, 0.25) is 0 Å². The monoisotopic (exact) mass is 219 g/mol. The van der Waals surface area contributed by atoms with Gasteiger partial charge in [-0.2, -0.15) is 0 Å². The number of amides is 1. The third-order valence-electron chi connectivity index (χ3n) is 2.51. The number of nitrogens with zero attached hydrogens (tertiary/aromatic N) is 1. The zero-order valence-corrected chi connectivity index (χ0v) is 9.59. The zero-order chi connectivity index (χ0) is 10.6. The Morgan fingerprint density at radius 3 is 2.79 bits per heavy atom. The van der Waals surface area contributed by atoms with Gasteiger partial charge < -0.3 is 9.64 Å². The van der Waals surface area contributed by atoms with Crippen LogP contribution in [0.3, 0.4) is 0 Å². The topological polar surface area (TPSA) is 29.5 Å². The molecule has 0 spiro atoms. The van der Waals surface area contributed by atoms with Crippen molar-refractivity contribution in [1.29, 1.82) is 0 Å². The highest BCUT2D eigenvalue weighted by Gasteiger charge is 2.28. The largest absolute Gasteiger partial charge is 0.381 e. The molecular weight excluding hydrogens is 202 g/mol. The molecule has 4 heteroatoms. The molecule has 1 heterocycles. The predicted molar refractivity (Wildman–Crippen MR) is 56.5 cm³/mol. The molecule has 14 heavy (non-hydrogen) atoms. The molecule has 0 radical (unpaired) electrons. The fourth-order valence-electron chi connectivity index (χ4n) is 1.68. The normalized spacial score (nSPS) is 21.6. The standard InChI is InChI=1S/C10H18ClNO2/c1-8(2)12(5-4-11)10(13)9-3-6-14-7-9/h8-9H,3-7H2,1-2H3. The van der Waals surface area contributed by atoms with Crippen molar-refractivity contribution in [2.45, 2.75) is 26.3 Å². The molecule has 0 bridgehead atoms. The maximum absolute atomic E-state index is 12.0. The van der Waals surface area contributed by atoms with Crippen LogP contribution in [0, 0.1) is 5.92 Å². The minimum atomic E-state index is 0.0561. The van der Waals surface area contributed by atoms with Crippen molar-refractivity contribution < 1.29 is 9.53 Å². The van der Waals surface area contributed by atoms with Crippen molar-refractivity contribution in [2.75, 3.05) is 25.6 Å². The van der Waals surface area contributed by atoms with Gasteiger partial charge in [0.1, 0.15) is 0 Å². The van der Waals surface area contributed by atoms with Crippen molar-refractivity contribution in [3.05, 3.63) is 0 Å². The third kappa shape index (κ3) is 2.85. The van der Waals surface area contributed by atoms with Gasteiger partial charge in [-0.3, -0.25) is 4.79 Å². The molecule has 1 aliphatic rings. The maximum atomic E-state index is 12.0. The lowest BCUT2D eigenvalue weighted by Gasteiger charge is -2.28. The number of carbonyl (C=O) groups is 1. The quantitative estimate of drug-likeness (QED) is 0.671. The molecule has 1 unspecified atom stereocenters. The van der Waals surface area contributed by atoms with Crippen molar-refractivity contribution >= 4 is 17.5 Å². The molecular formula is C10H18ClNO2. The summed E-state index contributed by atoms with van der Waals surface area (Å²) in [5, 5.41) is 0. The van der Waals surface area contributed by atoms with E-state index in [9.17, 15) is 4.79 Å². The molecule has 1 rings (SSSR count). The summed E-state index contributed by atoms with van der Waals surface area (Å²) in [6, 6.07) is 0.224. The van der Waals surface area contributed by atoms with Crippen molar-refractivity contribution in [1.82, 2.24) is 4.90 Å². The van der Waals surface area contributed by atoms with Crippen LogP contribution in [-0.2, 0) is 9.53 Å². The number of halogens is 1. The Kier molecular flexibility index (Phi) is 4.69. The molecule has 0 aliphatic carbocycles. The van der Waals surface area contributed by atoms with Gasteiger partial charge in [-0.1, -0.05) is 0 Å². The lowest BCUT2D eigenvalue weighted by Crippen LogP contribution is -2.42. The Balaban J connectivity index is 2.53. The predicted octanol–water partition coefficient (Wildman–Crippen LogP) is 1.50. The van der Waals surface area contributed by atoms with Crippen LogP contribution in [0.15, 0.2) is 0 Å². The second-order valence-electron chi connectivity index (χ2n) is 3.87. The van der Waals surface area contributed by atoms with Gasteiger partial charge in [0.05, 0.1) is 12.5 Å². The van der Waals surface area contributed by atoms with E-state index in [-0.39, 0.29) is 17.9 Å². The molecule has 82 valence electrons. The molecule has 1 saturated heterocycles. The molecule has 0 N–H and O–H groups in total. The molecule has 1 fully saturated rings. The second-order valence-corrected chi connectivity index (χ2v) is 4.25. The molecule has 0 aromatic carbocycles. The molecule has 1 aliphatic heterocycles. The summed E-state index contributed by atoms with van der Waals surface area (Å²) >= 11 is 5.67. The van der Waals surface area contributed by atoms with E-state index >= 15 is 0 Å². The average Bonchev–Trinajstić information content (AvgIpc) is 2.65. The van der Waals surface area contributed by atoms with Crippen LogP contribution in [0.4, 0.5) is 0 Å². The molecule has 3 nitrogen and oxygen atoms in total. The van der Waals surface area contributed by atoms with E-state index in [4.69, 9.17) is 16.3 Å². The maximum Gasteiger partial charge on any atom is 0.228 e. The van der Waals surface area contributed by atoms with Crippen LogP contribution < -0.4 is 0 Å². The smallest absolute Gasteiger partial charge is 0.228 e. The molecule has 0 aromatic heterocycles. The van der Waals surface area contributed by atoms with Crippen molar-refractivity contribution in [3.63, 3.8) is 0 Å². The van der Waals surface area contributed by atoms with Crippen LogP contribution >= 0.6 is 11.6 Å². The summed E-state index contributed by atoms with van der Waals surface area (Å²) in [5.74, 6) is 0.746. The van der Waals surface area contributed by atoms with Gasteiger partial charge in [0.2, 0.25) is 5.91 Å². The Hall–Kier alpha value is -0.280. The number of alkyl halides is 1. The fraction of sp³-hybridized carbons (Fsp3) is 0.900.